The minimum absolute atomic E-state index is 0.0354. The Hall–Kier alpha value is -2.84. The van der Waals surface area contributed by atoms with E-state index in [2.05, 4.69) is 17.6 Å². The molecular formula is C23H34N2O7. The maximum atomic E-state index is 13.1. The molecule has 1 amide bonds. The van der Waals surface area contributed by atoms with Crippen LogP contribution in [0.15, 0.2) is 22.5 Å². The molecule has 1 fully saturated rings. The van der Waals surface area contributed by atoms with Crippen LogP contribution >= 0.6 is 0 Å². The fourth-order valence-corrected chi connectivity index (χ4v) is 4.19. The van der Waals surface area contributed by atoms with Crippen molar-refractivity contribution in [1.82, 2.24) is 10.6 Å². The van der Waals surface area contributed by atoms with Crippen LogP contribution < -0.4 is 10.6 Å². The Kier molecular flexibility index (Phi) is 9.28. The molecule has 32 heavy (non-hydrogen) atoms. The molecule has 2 unspecified atom stereocenters. The molecule has 9 heteroatoms. The summed E-state index contributed by atoms with van der Waals surface area (Å²) in [6.45, 7) is 8.26. The van der Waals surface area contributed by atoms with Gasteiger partial charge in [0.25, 0.3) is 5.91 Å². The minimum Gasteiger partial charge on any atom is -0.463 e. The SMILES string of the molecule is CCOC(=O)C1=C(C)NC(C)=C(C(=O)OCC)C1C(=O)OCC(=O)NC1CCCCC1C. The number of carbonyl (C=O) groups is 4. The van der Waals surface area contributed by atoms with E-state index in [0.29, 0.717) is 17.3 Å². The molecule has 0 spiro atoms. The van der Waals surface area contributed by atoms with Gasteiger partial charge in [-0.15, -0.1) is 0 Å². The molecule has 1 aliphatic carbocycles. The Bertz CT molecular complexity index is 775. The number of amides is 1. The summed E-state index contributed by atoms with van der Waals surface area (Å²) in [6.07, 6.45) is 4.12. The number of dihydropyridines is 1. The summed E-state index contributed by atoms with van der Waals surface area (Å²) >= 11 is 0. The van der Waals surface area contributed by atoms with Gasteiger partial charge in [-0.25, -0.2) is 9.59 Å². The topological polar surface area (TPSA) is 120 Å². The van der Waals surface area contributed by atoms with Crippen LogP contribution in [0, 0.1) is 11.8 Å². The Morgan fingerprint density at radius 3 is 1.94 bits per heavy atom. The summed E-state index contributed by atoms with van der Waals surface area (Å²) < 4.78 is 15.5. The van der Waals surface area contributed by atoms with Crippen LogP contribution in [0.3, 0.4) is 0 Å². The molecule has 2 N–H and O–H groups in total. The van der Waals surface area contributed by atoms with E-state index in [1.165, 1.54) is 0 Å². The average molecular weight is 451 g/mol. The molecule has 1 heterocycles. The Morgan fingerprint density at radius 1 is 0.906 bits per heavy atom. The molecule has 0 aromatic carbocycles. The zero-order valence-electron chi connectivity index (χ0n) is 19.5. The molecular weight excluding hydrogens is 416 g/mol. The molecule has 2 rings (SSSR count). The Labute approximate surface area is 188 Å². The van der Waals surface area contributed by atoms with Crippen molar-refractivity contribution in [3.05, 3.63) is 22.5 Å². The van der Waals surface area contributed by atoms with E-state index in [1.807, 2.05) is 0 Å². The maximum absolute atomic E-state index is 13.1. The fourth-order valence-electron chi connectivity index (χ4n) is 4.19. The summed E-state index contributed by atoms with van der Waals surface area (Å²) in [5.74, 6) is -3.78. The van der Waals surface area contributed by atoms with E-state index in [9.17, 15) is 19.2 Å². The summed E-state index contributed by atoms with van der Waals surface area (Å²) in [7, 11) is 0. The van der Waals surface area contributed by atoms with Gasteiger partial charge in [0, 0.05) is 17.4 Å². The van der Waals surface area contributed by atoms with Crippen LogP contribution in [0.5, 0.6) is 0 Å². The molecule has 178 valence electrons. The third-order valence-corrected chi connectivity index (χ3v) is 5.79. The summed E-state index contributed by atoms with van der Waals surface area (Å²) in [5.41, 5.74) is 0.673. The first-order chi connectivity index (χ1) is 15.2. The molecule has 0 aromatic rings. The van der Waals surface area contributed by atoms with Crippen molar-refractivity contribution < 1.29 is 33.4 Å². The summed E-state index contributed by atoms with van der Waals surface area (Å²) in [4.78, 5) is 50.7. The van der Waals surface area contributed by atoms with Crippen molar-refractivity contribution in [2.24, 2.45) is 11.8 Å². The number of hydrogen-bond acceptors (Lipinski definition) is 8. The monoisotopic (exact) mass is 450 g/mol. The number of ether oxygens (including phenoxy) is 3. The maximum Gasteiger partial charge on any atom is 0.337 e. The highest BCUT2D eigenvalue weighted by molar-refractivity contribution is 6.05. The number of allylic oxidation sites excluding steroid dienone is 2. The second-order valence-corrected chi connectivity index (χ2v) is 8.12. The first-order valence-corrected chi connectivity index (χ1v) is 11.2. The second kappa shape index (κ2) is 11.7. The molecule has 9 nitrogen and oxygen atoms in total. The molecule has 0 saturated heterocycles. The number of carbonyl (C=O) groups excluding carboxylic acids is 4. The smallest absolute Gasteiger partial charge is 0.337 e. The molecule has 0 bridgehead atoms. The van der Waals surface area contributed by atoms with Crippen LogP contribution in [-0.2, 0) is 33.4 Å². The van der Waals surface area contributed by atoms with Gasteiger partial charge in [0.2, 0.25) is 0 Å². The highest BCUT2D eigenvalue weighted by Crippen LogP contribution is 2.32. The van der Waals surface area contributed by atoms with E-state index in [4.69, 9.17) is 14.2 Å². The van der Waals surface area contributed by atoms with Crippen molar-refractivity contribution in [2.45, 2.75) is 66.3 Å². The second-order valence-electron chi connectivity index (χ2n) is 8.12. The van der Waals surface area contributed by atoms with Crippen LogP contribution in [0.25, 0.3) is 0 Å². The zero-order valence-corrected chi connectivity index (χ0v) is 19.5. The van der Waals surface area contributed by atoms with Gasteiger partial charge >= 0.3 is 17.9 Å². The van der Waals surface area contributed by atoms with Crippen LogP contribution in [-0.4, -0.2) is 49.7 Å². The third kappa shape index (κ3) is 6.11. The predicted molar refractivity (Wildman–Crippen MR) is 116 cm³/mol. The van der Waals surface area contributed by atoms with E-state index in [1.54, 1.807) is 27.7 Å². The van der Waals surface area contributed by atoms with Crippen molar-refractivity contribution in [3.8, 4) is 0 Å². The molecule has 1 saturated carbocycles. The minimum atomic E-state index is -1.35. The number of hydrogen-bond donors (Lipinski definition) is 2. The fraction of sp³-hybridized carbons (Fsp3) is 0.652. The van der Waals surface area contributed by atoms with E-state index < -0.39 is 36.3 Å². The van der Waals surface area contributed by atoms with E-state index in [-0.39, 0.29) is 30.4 Å². The Morgan fingerprint density at radius 2 is 1.44 bits per heavy atom. The van der Waals surface area contributed by atoms with Crippen LogP contribution in [0.4, 0.5) is 0 Å². The molecule has 0 radical (unpaired) electrons. The Balaban J connectivity index is 2.21. The van der Waals surface area contributed by atoms with Crippen LogP contribution in [0.1, 0.15) is 60.3 Å². The first-order valence-electron chi connectivity index (χ1n) is 11.2. The number of rotatable bonds is 8. The lowest BCUT2D eigenvalue weighted by Crippen LogP contribution is -2.44. The highest BCUT2D eigenvalue weighted by atomic mass is 16.5. The lowest BCUT2D eigenvalue weighted by molar-refractivity contribution is -0.154. The van der Waals surface area contributed by atoms with Gasteiger partial charge in [0.1, 0.15) is 5.92 Å². The number of nitrogens with one attached hydrogen (secondary N) is 2. The molecule has 2 atom stereocenters. The highest BCUT2D eigenvalue weighted by Gasteiger charge is 2.42. The molecule has 1 aliphatic heterocycles. The number of esters is 3. The van der Waals surface area contributed by atoms with Gasteiger partial charge in [0.05, 0.1) is 24.4 Å². The quantitative estimate of drug-likeness (QED) is 0.426. The van der Waals surface area contributed by atoms with Crippen molar-refractivity contribution >= 4 is 23.8 Å². The van der Waals surface area contributed by atoms with Gasteiger partial charge in [-0.2, -0.15) is 0 Å². The lowest BCUT2D eigenvalue weighted by atomic mass is 9.85. The van der Waals surface area contributed by atoms with Gasteiger partial charge in [-0.05, 0) is 46.5 Å². The van der Waals surface area contributed by atoms with Crippen molar-refractivity contribution in [2.75, 3.05) is 19.8 Å². The lowest BCUT2D eigenvalue weighted by Gasteiger charge is -2.30. The van der Waals surface area contributed by atoms with Gasteiger partial charge in [0.15, 0.2) is 6.61 Å². The predicted octanol–water partition coefficient (Wildman–Crippen LogP) is 2.12. The van der Waals surface area contributed by atoms with E-state index >= 15 is 0 Å². The van der Waals surface area contributed by atoms with Crippen molar-refractivity contribution in [1.29, 1.82) is 0 Å². The van der Waals surface area contributed by atoms with Crippen molar-refractivity contribution in [3.63, 3.8) is 0 Å². The molecule has 0 aromatic heterocycles. The summed E-state index contributed by atoms with van der Waals surface area (Å²) in [5, 5.41) is 5.85. The molecule has 2 aliphatic rings. The standard InChI is InChI=1S/C23H34N2O7/c1-6-30-21(27)18-14(4)24-15(5)19(22(28)31-7-2)20(18)23(29)32-12-17(26)25-16-11-9-8-10-13(16)3/h13,16,20,24H,6-12H2,1-5H3,(H,25,26). The van der Waals surface area contributed by atoms with Gasteiger partial charge in [-0.1, -0.05) is 19.8 Å². The van der Waals surface area contributed by atoms with Crippen LogP contribution in [0.2, 0.25) is 0 Å². The normalized spacial score (nSPS) is 21.5. The largest absolute Gasteiger partial charge is 0.463 e. The van der Waals surface area contributed by atoms with Gasteiger partial charge < -0.3 is 24.8 Å². The average Bonchev–Trinajstić information content (AvgIpc) is 2.73. The first kappa shape index (κ1) is 25.4. The third-order valence-electron chi connectivity index (χ3n) is 5.79. The van der Waals surface area contributed by atoms with E-state index in [0.717, 1.165) is 25.7 Å². The summed E-state index contributed by atoms with van der Waals surface area (Å²) in [6, 6.07) is 0.0447. The van der Waals surface area contributed by atoms with Gasteiger partial charge in [-0.3, -0.25) is 9.59 Å². The zero-order chi connectivity index (χ0) is 23.8.